The Labute approximate surface area is 280 Å². The van der Waals surface area contributed by atoms with E-state index in [4.69, 9.17) is 4.74 Å². The van der Waals surface area contributed by atoms with Crippen molar-refractivity contribution in [1.29, 1.82) is 0 Å². The number of H-pyrrole nitrogens is 1. The highest BCUT2D eigenvalue weighted by Crippen LogP contribution is 2.66. The number of ether oxygens (including phenoxy) is 1. The predicted molar refractivity (Wildman–Crippen MR) is 185 cm³/mol. The first-order valence-corrected chi connectivity index (χ1v) is 17.0. The molecule has 2 aliphatic heterocycles. The van der Waals surface area contributed by atoms with Crippen molar-refractivity contribution in [3.63, 3.8) is 0 Å². The summed E-state index contributed by atoms with van der Waals surface area (Å²) in [7, 11) is 0. The van der Waals surface area contributed by atoms with Gasteiger partial charge in [-0.05, 0) is 98.5 Å². The van der Waals surface area contributed by atoms with Crippen LogP contribution in [0.5, 0.6) is 0 Å². The summed E-state index contributed by atoms with van der Waals surface area (Å²) in [6, 6.07) is 21.0. The molecule has 3 aromatic carbocycles. The van der Waals surface area contributed by atoms with Gasteiger partial charge in [-0.15, -0.1) is 11.3 Å². The van der Waals surface area contributed by atoms with Gasteiger partial charge in [0.15, 0.2) is 5.78 Å². The fraction of sp³-hybridized carbons (Fsp3) is 0.263. The molecule has 0 radical (unpaired) electrons. The lowest BCUT2D eigenvalue weighted by Gasteiger charge is -2.29. The lowest BCUT2D eigenvalue weighted by atomic mass is 9.81. The summed E-state index contributed by atoms with van der Waals surface area (Å²) in [5.41, 5.74) is 5.55. The Morgan fingerprint density at radius 2 is 1.83 bits per heavy atom. The van der Waals surface area contributed by atoms with Crippen molar-refractivity contribution in [3.05, 3.63) is 106 Å². The van der Waals surface area contributed by atoms with Crippen molar-refractivity contribution in [2.75, 3.05) is 23.3 Å². The summed E-state index contributed by atoms with van der Waals surface area (Å²) >= 11 is 1.42. The molecule has 2 atom stereocenters. The van der Waals surface area contributed by atoms with E-state index in [9.17, 15) is 19.2 Å². The maximum atomic E-state index is 14.0. The summed E-state index contributed by atoms with van der Waals surface area (Å²) in [6.07, 6.45) is 2.77. The van der Waals surface area contributed by atoms with Crippen molar-refractivity contribution >= 4 is 67.4 Å². The molecule has 10 heteroatoms. The molecule has 0 bridgehead atoms. The van der Waals surface area contributed by atoms with Gasteiger partial charge in [0.05, 0.1) is 4.88 Å². The number of nitrogens with one attached hydrogen (secondary N) is 2. The summed E-state index contributed by atoms with van der Waals surface area (Å²) in [6.45, 7) is 6.56. The van der Waals surface area contributed by atoms with Gasteiger partial charge in [0.25, 0.3) is 11.8 Å². The van der Waals surface area contributed by atoms with E-state index in [-0.39, 0.29) is 23.0 Å². The summed E-state index contributed by atoms with van der Waals surface area (Å²) < 4.78 is 6.31. The number of fused-ring (bicyclic) bond motifs is 5. The van der Waals surface area contributed by atoms with Crippen molar-refractivity contribution < 1.29 is 23.9 Å². The number of anilines is 2. The van der Waals surface area contributed by atoms with Crippen LogP contribution in [0, 0.1) is 5.92 Å². The maximum Gasteiger partial charge on any atom is 0.412 e. The van der Waals surface area contributed by atoms with Crippen LogP contribution in [0.2, 0.25) is 0 Å². The van der Waals surface area contributed by atoms with E-state index in [0.29, 0.717) is 41.7 Å². The quantitative estimate of drug-likeness (QED) is 0.210. The zero-order valence-corrected chi connectivity index (χ0v) is 27.5. The number of likely N-dealkylation sites (tertiary alicyclic amines) is 1. The van der Waals surface area contributed by atoms with Crippen LogP contribution in [0.15, 0.2) is 78.5 Å². The number of benzene rings is 3. The van der Waals surface area contributed by atoms with Crippen molar-refractivity contribution in [2.45, 2.75) is 44.6 Å². The largest absolute Gasteiger partial charge is 0.444 e. The smallest absolute Gasteiger partial charge is 0.412 e. The maximum absolute atomic E-state index is 14.0. The number of carbonyl (C=O) groups is 4. The van der Waals surface area contributed by atoms with Crippen molar-refractivity contribution in [1.82, 2.24) is 9.88 Å². The minimum Gasteiger partial charge on any atom is -0.444 e. The lowest BCUT2D eigenvalue weighted by molar-refractivity contribution is 0.0635. The Hall–Kier alpha value is -5.22. The first-order chi connectivity index (χ1) is 23.0. The van der Waals surface area contributed by atoms with Gasteiger partial charge in [-0.2, -0.15) is 0 Å². The summed E-state index contributed by atoms with van der Waals surface area (Å²) in [5, 5.41) is 4.56. The van der Waals surface area contributed by atoms with Gasteiger partial charge < -0.3 is 19.5 Å². The number of nitrogens with zero attached hydrogens (tertiary/aromatic N) is 2. The molecule has 9 rings (SSSR count). The standard InChI is InChI=1S/C38H32N4O5S/c1-37(2,3)47-36(46)39-22-8-11-31-20(14-22)15-32(48-31)35(45)41-13-12-23-25-16-28(40-27(25)9-10-29(23)41)34(44)42-19-21-18-38(21)26-7-5-4-6-24(26)30(43)17-33(38)42/h4-11,14-17,21,40H,12-13,18-19H2,1-3H3,(H,39,46). The van der Waals surface area contributed by atoms with E-state index in [0.717, 1.165) is 55.5 Å². The SMILES string of the molecule is CC(C)(C)OC(=O)Nc1ccc2sc(C(=O)N3CCc4c3ccc3[nH]c(C(=O)N5CC6CC67C5=CC(=O)c5ccccc57)cc43)cc2c1. The second-order valence-corrected chi connectivity index (χ2v) is 15.2. The molecule has 1 saturated carbocycles. The van der Waals surface area contributed by atoms with E-state index in [1.54, 1.807) is 17.0 Å². The van der Waals surface area contributed by atoms with Gasteiger partial charge in [0, 0.05) is 62.8 Å². The number of rotatable bonds is 3. The molecule has 3 amide bonds. The number of hydrogen-bond acceptors (Lipinski definition) is 6. The average Bonchev–Trinajstić information content (AvgIpc) is 3.51. The number of piperidine rings is 1. The van der Waals surface area contributed by atoms with E-state index in [2.05, 4.69) is 10.3 Å². The third-order valence-electron chi connectivity index (χ3n) is 10.1. The van der Waals surface area contributed by atoms with Crippen LogP contribution in [0.25, 0.3) is 21.0 Å². The number of aromatic amines is 1. The molecule has 2 fully saturated rings. The lowest BCUT2D eigenvalue weighted by Crippen LogP contribution is -2.33. The van der Waals surface area contributed by atoms with E-state index < -0.39 is 11.7 Å². The zero-order valence-electron chi connectivity index (χ0n) is 26.7. The Morgan fingerprint density at radius 3 is 2.67 bits per heavy atom. The molecule has 2 aromatic heterocycles. The number of amides is 3. The first-order valence-electron chi connectivity index (χ1n) is 16.2. The van der Waals surface area contributed by atoms with Crippen LogP contribution in [0.1, 0.15) is 68.8 Å². The molecule has 2 aliphatic carbocycles. The molecule has 4 heterocycles. The highest BCUT2D eigenvalue weighted by molar-refractivity contribution is 7.20. The number of aromatic nitrogens is 1. The number of hydrogen-bond donors (Lipinski definition) is 2. The van der Waals surface area contributed by atoms with Crippen LogP contribution in [0.3, 0.4) is 0 Å². The van der Waals surface area contributed by atoms with Gasteiger partial charge in [0.1, 0.15) is 11.3 Å². The number of allylic oxidation sites excluding steroid dienone is 2. The molecule has 1 spiro atoms. The van der Waals surface area contributed by atoms with E-state index in [1.807, 2.05) is 86.3 Å². The predicted octanol–water partition coefficient (Wildman–Crippen LogP) is 7.43. The van der Waals surface area contributed by atoms with Crippen LogP contribution >= 0.6 is 11.3 Å². The summed E-state index contributed by atoms with van der Waals surface area (Å²) in [4.78, 5) is 60.7. The number of ketones is 1. The topological polar surface area (TPSA) is 112 Å². The Balaban J connectivity index is 0.970. The zero-order chi connectivity index (χ0) is 33.1. The second kappa shape index (κ2) is 9.90. The fourth-order valence-corrected chi connectivity index (χ4v) is 8.94. The van der Waals surface area contributed by atoms with Crippen LogP contribution in [-0.2, 0) is 16.6 Å². The van der Waals surface area contributed by atoms with E-state index in [1.165, 1.54) is 11.3 Å². The number of thiophene rings is 1. The Morgan fingerprint density at radius 1 is 1.00 bits per heavy atom. The highest BCUT2D eigenvalue weighted by atomic mass is 32.1. The fourth-order valence-electron chi connectivity index (χ4n) is 7.94. The molecular weight excluding hydrogens is 625 g/mol. The second-order valence-electron chi connectivity index (χ2n) is 14.1. The molecular formula is C38H32N4O5S. The molecule has 48 heavy (non-hydrogen) atoms. The van der Waals surface area contributed by atoms with Gasteiger partial charge in [-0.1, -0.05) is 24.3 Å². The monoisotopic (exact) mass is 656 g/mol. The summed E-state index contributed by atoms with van der Waals surface area (Å²) in [5.74, 6) is 0.0458. The van der Waals surface area contributed by atoms with E-state index >= 15 is 0 Å². The molecule has 2 N–H and O–H groups in total. The highest BCUT2D eigenvalue weighted by Gasteiger charge is 2.67. The molecule has 1 saturated heterocycles. The van der Waals surface area contributed by atoms with Crippen molar-refractivity contribution in [3.8, 4) is 0 Å². The molecule has 2 unspecified atom stereocenters. The molecule has 5 aromatic rings. The normalized spacial score (nSPS) is 20.7. The molecule has 240 valence electrons. The van der Waals surface area contributed by atoms with Crippen molar-refractivity contribution in [2.24, 2.45) is 5.92 Å². The average molecular weight is 657 g/mol. The Kier molecular flexibility index (Phi) is 5.97. The van der Waals surface area contributed by atoms with Gasteiger partial charge in [0.2, 0.25) is 0 Å². The molecule has 9 nitrogen and oxygen atoms in total. The van der Waals surface area contributed by atoms with Gasteiger partial charge in [-0.25, -0.2) is 4.79 Å². The minimum absolute atomic E-state index is 0.0488. The number of carbonyl (C=O) groups excluding carboxylic acids is 4. The minimum atomic E-state index is -0.606. The first kappa shape index (κ1) is 29.0. The van der Waals surface area contributed by atoms with Crippen LogP contribution < -0.4 is 10.2 Å². The Bertz CT molecular complexity index is 2310. The van der Waals surface area contributed by atoms with Crippen LogP contribution in [-0.4, -0.2) is 52.3 Å². The third-order valence-corrected chi connectivity index (χ3v) is 11.2. The van der Waals surface area contributed by atoms with Crippen LogP contribution in [0.4, 0.5) is 16.2 Å². The molecule has 4 aliphatic rings. The third kappa shape index (κ3) is 4.28. The van der Waals surface area contributed by atoms with Gasteiger partial charge in [-0.3, -0.25) is 19.7 Å². The van der Waals surface area contributed by atoms with Gasteiger partial charge >= 0.3 is 6.09 Å².